The van der Waals surface area contributed by atoms with E-state index < -0.39 is 5.54 Å². The van der Waals surface area contributed by atoms with Crippen molar-refractivity contribution in [1.82, 2.24) is 9.80 Å². The Kier molecular flexibility index (Phi) is 6.52. The van der Waals surface area contributed by atoms with Gasteiger partial charge in [0.15, 0.2) is 0 Å². The number of hydrogen-bond donors (Lipinski definition) is 0. The molecule has 3 heterocycles. The molecule has 1 aromatic rings. The second kappa shape index (κ2) is 9.15. The highest BCUT2D eigenvalue weighted by Gasteiger charge is 2.57. The Bertz CT molecular complexity index is 895. The molecule has 1 spiro atoms. The molecule has 0 radical (unpaired) electrons. The summed E-state index contributed by atoms with van der Waals surface area (Å²) in [5, 5.41) is 9.62. The molecule has 1 aromatic carbocycles. The SMILES string of the molecule is CCN1C(=O)N(c2cc(Cl)cc(C#N)c2)C(=O)[C@]12CCCN(CC1CCOCC1)CC2. The van der Waals surface area contributed by atoms with Gasteiger partial charge in [0.1, 0.15) is 5.54 Å². The lowest BCUT2D eigenvalue weighted by molar-refractivity contribution is -0.125. The van der Waals surface area contributed by atoms with Crippen molar-refractivity contribution >= 4 is 29.2 Å². The van der Waals surface area contributed by atoms with Crippen LogP contribution in [0.25, 0.3) is 0 Å². The number of hydrogen-bond acceptors (Lipinski definition) is 5. The van der Waals surface area contributed by atoms with E-state index in [1.165, 1.54) is 11.0 Å². The first-order chi connectivity index (χ1) is 15.0. The number of nitrogens with zero attached hydrogens (tertiary/aromatic N) is 4. The molecule has 3 amide bonds. The van der Waals surface area contributed by atoms with Crippen LogP contribution in [-0.2, 0) is 9.53 Å². The Morgan fingerprint density at radius 2 is 1.97 bits per heavy atom. The molecule has 3 aliphatic rings. The van der Waals surface area contributed by atoms with Crippen LogP contribution in [0.4, 0.5) is 10.5 Å². The lowest BCUT2D eigenvalue weighted by Crippen LogP contribution is -2.50. The number of imide groups is 1. The predicted octanol–water partition coefficient (Wildman–Crippen LogP) is 3.65. The Morgan fingerprint density at radius 3 is 2.68 bits per heavy atom. The first-order valence-corrected chi connectivity index (χ1v) is 11.5. The van der Waals surface area contributed by atoms with E-state index in [1.807, 2.05) is 13.0 Å². The molecule has 8 heteroatoms. The van der Waals surface area contributed by atoms with Gasteiger partial charge in [0, 0.05) is 37.9 Å². The normalized spacial score (nSPS) is 25.8. The lowest BCUT2D eigenvalue weighted by atomic mass is 9.88. The second-order valence-corrected chi connectivity index (χ2v) is 9.16. The molecular formula is C23H29ClN4O3. The highest BCUT2D eigenvalue weighted by atomic mass is 35.5. The predicted molar refractivity (Wildman–Crippen MR) is 118 cm³/mol. The number of nitriles is 1. The fourth-order valence-electron chi connectivity index (χ4n) is 5.28. The standard InChI is InChI=1S/C23H29ClN4O3/c1-2-27-22(30)28(20-13-18(15-25)12-19(24)14-20)21(29)23(27)6-3-8-26(9-7-23)16-17-4-10-31-11-5-17/h12-14,17H,2-11,16H2,1H3/t23-/m1/s1. The third kappa shape index (κ3) is 4.17. The quantitative estimate of drug-likeness (QED) is 0.662. The maximum atomic E-state index is 13.7. The molecule has 0 aromatic heterocycles. The van der Waals surface area contributed by atoms with Gasteiger partial charge in [-0.3, -0.25) is 4.79 Å². The first-order valence-electron chi connectivity index (χ1n) is 11.2. The number of anilines is 1. The van der Waals surface area contributed by atoms with Crippen molar-refractivity contribution in [1.29, 1.82) is 5.26 Å². The van der Waals surface area contributed by atoms with Gasteiger partial charge in [-0.05, 0) is 69.7 Å². The number of carbonyl (C=O) groups is 2. The van der Waals surface area contributed by atoms with Crippen molar-refractivity contribution in [3.63, 3.8) is 0 Å². The van der Waals surface area contributed by atoms with Crippen molar-refractivity contribution in [3.8, 4) is 6.07 Å². The van der Waals surface area contributed by atoms with Gasteiger partial charge >= 0.3 is 6.03 Å². The van der Waals surface area contributed by atoms with Gasteiger partial charge in [0.05, 0.1) is 17.3 Å². The van der Waals surface area contributed by atoms with Gasteiger partial charge in [0.25, 0.3) is 5.91 Å². The molecule has 0 bridgehead atoms. The maximum Gasteiger partial charge on any atom is 0.332 e. The minimum absolute atomic E-state index is 0.196. The van der Waals surface area contributed by atoms with Crippen molar-refractivity contribution in [3.05, 3.63) is 28.8 Å². The monoisotopic (exact) mass is 444 g/mol. The molecule has 31 heavy (non-hydrogen) atoms. The molecule has 0 unspecified atom stereocenters. The van der Waals surface area contributed by atoms with Gasteiger partial charge in [0.2, 0.25) is 0 Å². The average molecular weight is 445 g/mol. The topological polar surface area (TPSA) is 76.9 Å². The van der Waals surface area contributed by atoms with Crippen LogP contribution in [0.1, 0.15) is 44.6 Å². The van der Waals surface area contributed by atoms with Gasteiger partial charge in [-0.15, -0.1) is 0 Å². The average Bonchev–Trinajstić information content (AvgIpc) is 2.88. The Labute approximate surface area is 188 Å². The van der Waals surface area contributed by atoms with E-state index >= 15 is 0 Å². The summed E-state index contributed by atoms with van der Waals surface area (Å²) in [6.45, 7) is 6.80. The Hall–Kier alpha value is -2.14. The zero-order chi connectivity index (χ0) is 22.0. The minimum atomic E-state index is -0.828. The third-order valence-corrected chi connectivity index (χ3v) is 7.11. The van der Waals surface area contributed by atoms with Crippen molar-refractivity contribution in [2.24, 2.45) is 5.92 Å². The molecule has 0 N–H and O–H groups in total. The molecule has 166 valence electrons. The van der Waals surface area contributed by atoms with Crippen LogP contribution in [-0.4, -0.2) is 66.7 Å². The van der Waals surface area contributed by atoms with E-state index in [1.54, 1.807) is 17.0 Å². The lowest BCUT2D eigenvalue weighted by Gasteiger charge is -2.34. The summed E-state index contributed by atoms with van der Waals surface area (Å²) in [6.07, 6.45) is 4.31. The van der Waals surface area contributed by atoms with Gasteiger partial charge in [-0.25, -0.2) is 9.69 Å². The van der Waals surface area contributed by atoms with Crippen LogP contribution in [0.15, 0.2) is 18.2 Å². The van der Waals surface area contributed by atoms with E-state index in [-0.39, 0.29) is 11.9 Å². The van der Waals surface area contributed by atoms with E-state index in [9.17, 15) is 14.9 Å². The zero-order valence-electron chi connectivity index (χ0n) is 18.0. The highest BCUT2D eigenvalue weighted by molar-refractivity contribution is 6.31. The van der Waals surface area contributed by atoms with Crippen LogP contribution in [0.2, 0.25) is 5.02 Å². The van der Waals surface area contributed by atoms with Gasteiger partial charge in [-0.1, -0.05) is 11.6 Å². The third-order valence-electron chi connectivity index (χ3n) is 6.89. The summed E-state index contributed by atoms with van der Waals surface area (Å²) in [5.41, 5.74) is -0.126. The summed E-state index contributed by atoms with van der Waals surface area (Å²) in [5.74, 6) is 0.441. The molecule has 3 fully saturated rings. The Balaban J connectivity index is 1.57. The Morgan fingerprint density at radius 1 is 1.19 bits per heavy atom. The van der Waals surface area contributed by atoms with E-state index in [4.69, 9.17) is 16.3 Å². The van der Waals surface area contributed by atoms with E-state index in [0.29, 0.717) is 41.6 Å². The molecule has 7 nitrogen and oxygen atoms in total. The molecule has 0 saturated carbocycles. The van der Waals surface area contributed by atoms with Crippen LogP contribution in [0.3, 0.4) is 0 Å². The zero-order valence-corrected chi connectivity index (χ0v) is 18.7. The van der Waals surface area contributed by atoms with E-state index in [2.05, 4.69) is 4.90 Å². The van der Waals surface area contributed by atoms with Gasteiger partial charge in [-0.2, -0.15) is 5.26 Å². The molecule has 4 rings (SSSR count). The highest BCUT2D eigenvalue weighted by Crippen LogP contribution is 2.40. The fourth-order valence-corrected chi connectivity index (χ4v) is 5.51. The number of likely N-dealkylation sites (N-methyl/N-ethyl adjacent to an activating group) is 1. The van der Waals surface area contributed by atoms with Gasteiger partial charge < -0.3 is 14.5 Å². The summed E-state index contributed by atoms with van der Waals surface area (Å²) < 4.78 is 5.48. The largest absolute Gasteiger partial charge is 0.381 e. The summed E-state index contributed by atoms with van der Waals surface area (Å²) in [6, 6.07) is 6.40. The first kappa shape index (κ1) is 22.1. The summed E-state index contributed by atoms with van der Waals surface area (Å²) >= 11 is 6.16. The van der Waals surface area contributed by atoms with Crippen LogP contribution in [0.5, 0.6) is 0 Å². The van der Waals surface area contributed by atoms with Crippen LogP contribution < -0.4 is 4.90 Å². The number of benzene rings is 1. The number of halogens is 1. The molecule has 3 saturated heterocycles. The van der Waals surface area contributed by atoms with Crippen LogP contribution in [0, 0.1) is 17.2 Å². The second-order valence-electron chi connectivity index (χ2n) is 8.72. The number of amides is 3. The number of likely N-dealkylation sites (tertiary alicyclic amines) is 1. The number of rotatable bonds is 4. The minimum Gasteiger partial charge on any atom is -0.381 e. The maximum absolute atomic E-state index is 13.7. The summed E-state index contributed by atoms with van der Waals surface area (Å²) in [4.78, 5) is 32.4. The van der Waals surface area contributed by atoms with Crippen molar-refractivity contribution in [2.75, 3.05) is 44.3 Å². The van der Waals surface area contributed by atoms with E-state index in [0.717, 1.165) is 52.1 Å². The number of ether oxygens (including phenoxy) is 1. The molecule has 3 aliphatic heterocycles. The molecule has 0 aliphatic carbocycles. The van der Waals surface area contributed by atoms with Crippen molar-refractivity contribution in [2.45, 2.75) is 44.6 Å². The number of carbonyl (C=O) groups excluding carboxylic acids is 2. The molecular weight excluding hydrogens is 416 g/mol. The van der Waals surface area contributed by atoms with Crippen molar-refractivity contribution < 1.29 is 14.3 Å². The fraction of sp³-hybridized carbons (Fsp3) is 0.609. The molecule has 1 atom stereocenters. The smallest absolute Gasteiger partial charge is 0.332 e. The number of urea groups is 1. The summed E-state index contributed by atoms with van der Waals surface area (Å²) in [7, 11) is 0. The van der Waals surface area contributed by atoms with Crippen LogP contribution >= 0.6 is 11.6 Å².